The Hall–Kier alpha value is -1.59. The van der Waals surface area contributed by atoms with Gasteiger partial charge in [-0.3, -0.25) is 9.59 Å². The molecular formula is C11H16ClN3O2. The van der Waals surface area contributed by atoms with Gasteiger partial charge in [-0.2, -0.15) is 0 Å². The zero-order valence-electron chi connectivity index (χ0n) is 9.47. The average molecular weight is 258 g/mol. The van der Waals surface area contributed by atoms with Crippen molar-refractivity contribution in [1.29, 1.82) is 0 Å². The van der Waals surface area contributed by atoms with Gasteiger partial charge in [0.15, 0.2) is 0 Å². The fourth-order valence-electron chi connectivity index (χ4n) is 1.14. The number of nitrogens with two attached hydrogens (primary N) is 2. The molecule has 0 aliphatic heterocycles. The van der Waals surface area contributed by atoms with Gasteiger partial charge < -0.3 is 16.8 Å². The third-order valence-electron chi connectivity index (χ3n) is 2.21. The van der Waals surface area contributed by atoms with Gasteiger partial charge in [0, 0.05) is 11.3 Å². The molecule has 1 rings (SSSR count). The second kappa shape index (κ2) is 6.88. The van der Waals surface area contributed by atoms with Crippen molar-refractivity contribution in [1.82, 2.24) is 0 Å². The van der Waals surface area contributed by atoms with Crippen LogP contribution in [-0.2, 0) is 4.79 Å². The van der Waals surface area contributed by atoms with Gasteiger partial charge in [-0.15, -0.1) is 12.4 Å². The number of benzene rings is 1. The molecule has 94 valence electrons. The number of carbonyl (C=O) groups is 2. The molecule has 0 aliphatic rings. The molecule has 1 aromatic carbocycles. The van der Waals surface area contributed by atoms with Gasteiger partial charge >= 0.3 is 0 Å². The van der Waals surface area contributed by atoms with E-state index in [0.717, 1.165) is 0 Å². The van der Waals surface area contributed by atoms with Gasteiger partial charge in [0.2, 0.25) is 11.8 Å². The number of nitrogens with one attached hydrogen (secondary N) is 1. The molecule has 0 fully saturated rings. The van der Waals surface area contributed by atoms with Gasteiger partial charge in [0.05, 0.1) is 6.04 Å². The summed E-state index contributed by atoms with van der Waals surface area (Å²) in [7, 11) is 0. The van der Waals surface area contributed by atoms with Crippen molar-refractivity contribution in [2.24, 2.45) is 11.5 Å². The molecule has 0 saturated heterocycles. The number of hydrogen-bond acceptors (Lipinski definition) is 3. The first-order chi connectivity index (χ1) is 7.54. The van der Waals surface area contributed by atoms with Crippen LogP contribution in [0.25, 0.3) is 0 Å². The maximum atomic E-state index is 11.4. The summed E-state index contributed by atoms with van der Waals surface area (Å²) >= 11 is 0. The van der Waals surface area contributed by atoms with E-state index in [1.165, 1.54) is 0 Å². The highest BCUT2D eigenvalue weighted by Gasteiger charge is 2.10. The van der Waals surface area contributed by atoms with Crippen LogP contribution in [0.5, 0.6) is 0 Å². The number of primary amides is 1. The molecule has 6 heteroatoms. The molecule has 17 heavy (non-hydrogen) atoms. The van der Waals surface area contributed by atoms with Crippen LogP contribution in [0.1, 0.15) is 23.7 Å². The molecule has 2 amide bonds. The third-order valence-corrected chi connectivity index (χ3v) is 2.21. The molecule has 5 nitrogen and oxygen atoms in total. The van der Waals surface area contributed by atoms with E-state index >= 15 is 0 Å². The first-order valence-electron chi connectivity index (χ1n) is 5.01. The molecule has 0 aromatic heterocycles. The topological polar surface area (TPSA) is 98.2 Å². The summed E-state index contributed by atoms with van der Waals surface area (Å²) in [6, 6.07) is 5.81. The predicted octanol–water partition coefficient (Wildman–Crippen LogP) is 0.883. The maximum Gasteiger partial charge on any atom is 0.248 e. The molecule has 0 unspecified atom stereocenters. The minimum Gasteiger partial charge on any atom is -0.366 e. The Morgan fingerprint density at radius 1 is 1.29 bits per heavy atom. The van der Waals surface area contributed by atoms with Crippen LogP contribution in [-0.4, -0.2) is 17.9 Å². The standard InChI is InChI=1S/C11H15N3O2.ClH/c1-2-9(12)11(16)14-8-5-3-7(4-6-8)10(13)15;/h3-6,9H,2,12H2,1H3,(H2,13,15)(H,14,16);1H/t9-;/m0./s1. The highest BCUT2D eigenvalue weighted by molar-refractivity contribution is 5.96. The lowest BCUT2D eigenvalue weighted by Crippen LogP contribution is -2.34. The summed E-state index contributed by atoms with van der Waals surface area (Å²) in [5.41, 5.74) is 11.6. The SMILES string of the molecule is CC[C@H](N)C(=O)Nc1ccc(C(N)=O)cc1.Cl. The number of rotatable bonds is 4. The lowest BCUT2D eigenvalue weighted by Gasteiger charge is -2.09. The molecule has 0 radical (unpaired) electrons. The zero-order chi connectivity index (χ0) is 12.1. The Morgan fingerprint density at radius 3 is 2.24 bits per heavy atom. The minimum atomic E-state index is -0.518. The number of anilines is 1. The Morgan fingerprint density at radius 2 is 1.82 bits per heavy atom. The molecule has 0 aliphatic carbocycles. The number of carbonyl (C=O) groups excluding carboxylic acids is 2. The molecule has 0 saturated carbocycles. The van der Waals surface area contributed by atoms with Crippen LogP contribution in [0.2, 0.25) is 0 Å². The quantitative estimate of drug-likeness (QED) is 0.747. The third kappa shape index (κ3) is 4.42. The van der Waals surface area contributed by atoms with Crippen LogP contribution in [0.4, 0.5) is 5.69 Å². The Balaban J connectivity index is 0.00000256. The molecule has 0 bridgehead atoms. The van der Waals surface area contributed by atoms with Crippen molar-refractivity contribution in [2.45, 2.75) is 19.4 Å². The molecule has 0 heterocycles. The van der Waals surface area contributed by atoms with Gasteiger partial charge in [0.25, 0.3) is 0 Å². The average Bonchev–Trinajstić information content (AvgIpc) is 2.28. The Bertz CT molecular complexity index is 392. The van der Waals surface area contributed by atoms with Gasteiger partial charge in [-0.05, 0) is 30.7 Å². The van der Waals surface area contributed by atoms with Crippen LogP contribution in [0.3, 0.4) is 0 Å². The number of hydrogen-bond donors (Lipinski definition) is 3. The van der Waals surface area contributed by atoms with E-state index in [1.54, 1.807) is 24.3 Å². The van der Waals surface area contributed by atoms with Gasteiger partial charge in [-0.25, -0.2) is 0 Å². The molecule has 1 atom stereocenters. The highest BCUT2D eigenvalue weighted by atomic mass is 35.5. The predicted molar refractivity (Wildman–Crippen MR) is 69.1 cm³/mol. The monoisotopic (exact) mass is 257 g/mol. The highest BCUT2D eigenvalue weighted by Crippen LogP contribution is 2.09. The Kier molecular flexibility index (Phi) is 6.23. The fourth-order valence-corrected chi connectivity index (χ4v) is 1.14. The van der Waals surface area contributed by atoms with Crippen LogP contribution in [0, 0.1) is 0 Å². The van der Waals surface area contributed by atoms with Crippen molar-refractivity contribution in [2.75, 3.05) is 5.32 Å². The normalized spacial score (nSPS) is 11.2. The van der Waals surface area contributed by atoms with E-state index in [1.807, 2.05) is 6.92 Å². The smallest absolute Gasteiger partial charge is 0.248 e. The summed E-state index contributed by atoms with van der Waals surface area (Å²) < 4.78 is 0. The van der Waals surface area contributed by atoms with E-state index in [4.69, 9.17) is 11.5 Å². The minimum absolute atomic E-state index is 0. The van der Waals surface area contributed by atoms with Crippen molar-refractivity contribution in [3.8, 4) is 0 Å². The Labute approximate surface area is 106 Å². The van der Waals surface area contributed by atoms with Crippen molar-refractivity contribution < 1.29 is 9.59 Å². The molecular weight excluding hydrogens is 242 g/mol. The summed E-state index contributed by atoms with van der Waals surface area (Å²) in [4.78, 5) is 22.2. The molecule has 1 aromatic rings. The maximum absolute atomic E-state index is 11.4. The van der Waals surface area contributed by atoms with Gasteiger partial charge in [0.1, 0.15) is 0 Å². The summed E-state index contributed by atoms with van der Waals surface area (Å²) in [5, 5.41) is 2.64. The van der Waals surface area contributed by atoms with Crippen molar-refractivity contribution in [3.63, 3.8) is 0 Å². The lowest BCUT2D eigenvalue weighted by molar-refractivity contribution is -0.117. The van der Waals surface area contributed by atoms with Crippen molar-refractivity contribution >= 4 is 29.9 Å². The van der Waals surface area contributed by atoms with E-state index < -0.39 is 11.9 Å². The molecule has 0 spiro atoms. The summed E-state index contributed by atoms with van der Waals surface area (Å²) in [6.45, 7) is 1.83. The van der Waals surface area contributed by atoms with Crippen LogP contribution >= 0.6 is 12.4 Å². The van der Waals surface area contributed by atoms with E-state index in [2.05, 4.69) is 5.32 Å². The van der Waals surface area contributed by atoms with Gasteiger partial charge in [-0.1, -0.05) is 6.92 Å². The number of amides is 2. The second-order valence-corrected chi connectivity index (χ2v) is 3.45. The summed E-state index contributed by atoms with van der Waals surface area (Å²) in [6.07, 6.45) is 0.575. The van der Waals surface area contributed by atoms with Crippen LogP contribution < -0.4 is 16.8 Å². The van der Waals surface area contributed by atoms with Crippen molar-refractivity contribution in [3.05, 3.63) is 29.8 Å². The largest absolute Gasteiger partial charge is 0.366 e. The first kappa shape index (κ1) is 15.4. The summed E-state index contributed by atoms with van der Waals surface area (Å²) in [5.74, 6) is -0.738. The molecule has 5 N–H and O–H groups in total. The second-order valence-electron chi connectivity index (χ2n) is 3.45. The lowest BCUT2D eigenvalue weighted by atomic mass is 10.2. The van der Waals surface area contributed by atoms with Crippen LogP contribution in [0.15, 0.2) is 24.3 Å². The zero-order valence-corrected chi connectivity index (χ0v) is 10.3. The fraction of sp³-hybridized carbons (Fsp3) is 0.273. The van der Waals surface area contributed by atoms with E-state index in [0.29, 0.717) is 17.7 Å². The van der Waals surface area contributed by atoms with E-state index in [-0.39, 0.29) is 18.3 Å². The number of halogens is 1. The first-order valence-corrected chi connectivity index (χ1v) is 5.01. The van der Waals surface area contributed by atoms with E-state index in [9.17, 15) is 9.59 Å².